The van der Waals surface area contributed by atoms with Gasteiger partial charge in [-0.15, -0.1) is 0 Å². The van der Waals surface area contributed by atoms with Gasteiger partial charge in [0.1, 0.15) is 6.54 Å². The lowest BCUT2D eigenvalue weighted by atomic mass is 10.1. The van der Waals surface area contributed by atoms with Crippen molar-refractivity contribution < 1.29 is 19.8 Å². The minimum absolute atomic E-state index is 0.190. The first-order valence-electron chi connectivity index (χ1n) is 6.55. The molecular weight excluding hydrogens is 296 g/mol. The molecule has 0 bridgehead atoms. The minimum Gasteiger partial charge on any atom is -0.480 e. The van der Waals surface area contributed by atoms with Crippen molar-refractivity contribution in [3.63, 3.8) is 0 Å². The summed E-state index contributed by atoms with van der Waals surface area (Å²) in [6, 6.07) is 5.95. The molecule has 1 aromatic rings. The van der Waals surface area contributed by atoms with Gasteiger partial charge in [0.25, 0.3) is 0 Å². The fourth-order valence-electron chi connectivity index (χ4n) is 2.30. The maximum atomic E-state index is 12.5. The molecule has 2 amide bonds. The zero-order valence-corrected chi connectivity index (χ0v) is 12.4. The summed E-state index contributed by atoms with van der Waals surface area (Å²) in [6.45, 7) is 1.80. The van der Waals surface area contributed by atoms with Crippen LogP contribution in [0.15, 0.2) is 24.3 Å². The van der Waals surface area contributed by atoms with Crippen molar-refractivity contribution in [1.29, 1.82) is 0 Å². The predicted octanol–water partition coefficient (Wildman–Crippen LogP) is 1.81. The Hall–Kier alpha value is -1.79. The summed E-state index contributed by atoms with van der Waals surface area (Å²) >= 11 is 5.80. The average Bonchev–Trinajstić information content (AvgIpc) is 2.76. The van der Waals surface area contributed by atoms with E-state index in [9.17, 15) is 14.7 Å². The van der Waals surface area contributed by atoms with Crippen molar-refractivity contribution in [3.05, 3.63) is 29.3 Å². The summed E-state index contributed by atoms with van der Waals surface area (Å²) in [5.74, 6) is -1.11. The molecule has 0 aliphatic carbocycles. The molecule has 1 aliphatic rings. The second-order valence-corrected chi connectivity index (χ2v) is 5.84. The Balaban J connectivity index is 2.21. The van der Waals surface area contributed by atoms with E-state index in [0.29, 0.717) is 23.7 Å². The third-order valence-corrected chi connectivity index (χ3v) is 3.64. The smallest absolute Gasteiger partial charge is 0.325 e. The largest absolute Gasteiger partial charge is 0.480 e. The van der Waals surface area contributed by atoms with Gasteiger partial charge in [0.05, 0.1) is 12.1 Å². The first kappa shape index (κ1) is 15.6. The Kier molecular flexibility index (Phi) is 4.39. The second kappa shape index (κ2) is 5.91. The van der Waals surface area contributed by atoms with Crippen LogP contribution in [0, 0.1) is 0 Å². The average molecular weight is 313 g/mol. The van der Waals surface area contributed by atoms with E-state index < -0.39 is 24.1 Å². The summed E-state index contributed by atoms with van der Waals surface area (Å²) in [5.41, 5.74) is -0.469. The van der Waals surface area contributed by atoms with Gasteiger partial charge in [-0.25, -0.2) is 4.79 Å². The number of hydrogen-bond donors (Lipinski definition) is 2. The molecule has 0 saturated carbocycles. The highest BCUT2D eigenvalue weighted by molar-refractivity contribution is 6.30. The molecule has 1 saturated heterocycles. The molecule has 0 spiro atoms. The van der Waals surface area contributed by atoms with Crippen molar-refractivity contribution in [1.82, 2.24) is 4.90 Å². The van der Waals surface area contributed by atoms with Crippen LogP contribution < -0.4 is 4.90 Å². The highest BCUT2D eigenvalue weighted by Crippen LogP contribution is 2.24. The zero-order chi connectivity index (χ0) is 15.6. The number of carbonyl (C=O) groups is 2. The number of amides is 2. The normalized spacial score (nSPS) is 21.4. The van der Waals surface area contributed by atoms with Gasteiger partial charge in [0.15, 0.2) is 0 Å². The number of carboxylic acids is 1. The molecule has 0 radical (unpaired) electrons. The number of halogens is 1. The number of rotatable bonds is 3. The van der Waals surface area contributed by atoms with Crippen molar-refractivity contribution >= 4 is 29.3 Å². The molecule has 21 heavy (non-hydrogen) atoms. The van der Waals surface area contributed by atoms with Crippen LogP contribution in [0.4, 0.5) is 10.5 Å². The van der Waals surface area contributed by atoms with Gasteiger partial charge in [0, 0.05) is 17.3 Å². The van der Waals surface area contributed by atoms with Gasteiger partial charge in [-0.2, -0.15) is 0 Å². The number of likely N-dealkylation sites (tertiary alicyclic amines) is 1. The number of aliphatic carboxylic acids is 1. The molecule has 1 fully saturated rings. The molecular formula is C14H17ClN2O4. The van der Waals surface area contributed by atoms with E-state index in [1.165, 1.54) is 9.80 Å². The molecule has 1 unspecified atom stereocenters. The number of β-amino-alcohol motifs (C(OH)–C–C–N with tert-alkyl or cyclic N) is 1. The Bertz CT molecular complexity index is 544. The molecule has 0 aromatic heterocycles. The van der Waals surface area contributed by atoms with Crippen LogP contribution in [0.1, 0.15) is 13.3 Å². The first-order valence-corrected chi connectivity index (χ1v) is 6.92. The quantitative estimate of drug-likeness (QED) is 0.892. The van der Waals surface area contributed by atoms with Gasteiger partial charge in [-0.1, -0.05) is 11.6 Å². The van der Waals surface area contributed by atoms with E-state index in [0.717, 1.165) is 0 Å². The first-order chi connectivity index (χ1) is 9.78. The van der Waals surface area contributed by atoms with Gasteiger partial charge >= 0.3 is 12.0 Å². The van der Waals surface area contributed by atoms with Crippen LogP contribution >= 0.6 is 11.6 Å². The van der Waals surface area contributed by atoms with Crippen LogP contribution in [0.25, 0.3) is 0 Å². The summed E-state index contributed by atoms with van der Waals surface area (Å²) in [7, 11) is 0. The Labute approximate surface area is 127 Å². The van der Waals surface area contributed by atoms with E-state index in [1.807, 2.05) is 0 Å². The lowest BCUT2D eigenvalue weighted by molar-refractivity contribution is -0.135. The number of carboxylic acid groups (broad SMARTS) is 1. The molecule has 1 aliphatic heterocycles. The zero-order valence-electron chi connectivity index (χ0n) is 11.6. The number of anilines is 1. The SMILES string of the molecule is CC1(O)CCN(C(=O)N(CC(=O)O)c2ccc(Cl)cc2)C1. The molecule has 2 N–H and O–H groups in total. The van der Waals surface area contributed by atoms with E-state index in [-0.39, 0.29) is 6.54 Å². The van der Waals surface area contributed by atoms with Gasteiger partial charge in [-0.3, -0.25) is 9.69 Å². The lowest BCUT2D eigenvalue weighted by Gasteiger charge is -2.27. The summed E-state index contributed by atoms with van der Waals surface area (Å²) in [6.07, 6.45) is 0.472. The van der Waals surface area contributed by atoms with Crippen molar-refractivity contribution in [2.24, 2.45) is 0 Å². The molecule has 7 heteroatoms. The fourth-order valence-corrected chi connectivity index (χ4v) is 2.43. The van der Waals surface area contributed by atoms with Crippen LogP contribution in [0.5, 0.6) is 0 Å². The van der Waals surface area contributed by atoms with Gasteiger partial charge < -0.3 is 15.1 Å². The van der Waals surface area contributed by atoms with Crippen LogP contribution in [0.2, 0.25) is 5.02 Å². The Morgan fingerprint density at radius 2 is 2.00 bits per heavy atom. The molecule has 6 nitrogen and oxygen atoms in total. The van der Waals surface area contributed by atoms with Crippen molar-refractivity contribution in [3.8, 4) is 0 Å². The van der Waals surface area contributed by atoms with E-state index in [4.69, 9.17) is 16.7 Å². The van der Waals surface area contributed by atoms with Crippen molar-refractivity contribution in [2.45, 2.75) is 18.9 Å². The number of hydrogen-bond acceptors (Lipinski definition) is 3. The summed E-state index contributed by atoms with van der Waals surface area (Å²) in [4.78, 5) is 26.1. The van der Waals surface area contributed by atoms with E-state index >= 15 is 0 Å². The van der Waals surface area contributed by atoms with Crippen molar-refractivity contribution in [2.75, 3.05) is 24.5 Å². The number of urea groups is 1. The third-order valence-electron chi connectivity index (χ3n) is 3.38. The summed E-state index contributed by atoms with van der Waals surface area (Å²) in [5, 5.41) is 19.4. The topological polar surface area (TPSA) is 81.1 Å². The number of aliphatic hydroxyl groups is 1. The molecule has 1 heterocycles. The second-order valence-electron chi connectivity index (χ2n) is 5.41. The van der Waals surface area contributed by atoms with Crippen LogP contribution in [0.3, 0.4) is 0 Å². The van der Waals surface area contributed by atoms with Gasteiger partial charge in [-0.05, 0) is 37.6 Å². The Morgan fingerprint density at radius 1 is 1.38 bits per heavy atom. The fraction of sp³-hybridized carbons (Fsp3) is 0.429. The number of benzene rings is 1. The monoisotopic (exact) mass is 312 g/mol. The van der Waals surface area contributed by atoms with E-state index in [2.05, 4.69) is 0 Å². The number of nitrogens with zero attached hydrogens (tertiary/aromatic N) is 2. The lowest BCUT2D eigenvalue weighted by Crippen LogP contribution is -2.45. The third kappa shape index (κ3) is 3.86. The predicted molar refractivity (Wildman–Crippen MR) is 78.6 cm³/mol. The molecule has 2 rings (SSSR count). The maximum Gasteiger partial charge on any atom is 0.325 e. The summed E-state index contributed by atoms with van der Waals surface area (Å²) < 4.78 is 0. The maximum absolute atomic E-state index is 12.5. The van der Waals surface area contributed by atoms with E-state index in [1.54, 1.807) is 31.2 Å². The Morgan fingerprint density at radius 3 is 2.48 bits per heavy atom. The molecule has 1 aromatic carbocycles. The van der Waals surface area contributed by atoms with Gasteiger partial charge in [0.2, 0.25) is 0 Å². The minimum atomic E-state index is -1.11. The molecule has 1 atom stereocenters. The highest BCUT2D eigenvalue weighted by Gasteiger charge is 2.36. The van der Waals surface area contributed by atoms with Crippen LogP contribution in [-0.4, -0.2) is 52.3 Å². The number of carbonyl (C=O) groups excluding carboxylic acids is 1. The standard InChI is InChI=1S/C14H17ClN2O4/c1-14(21)6-7-16(9-14)13(20)17(8-12(18)19)11-4-2-10(15)3-5-11/h2-5,21H,6-9H2,1H3,(H,18,19). The van der Waals surface area contributed by atoms with Crippen LogP contribution in [-0.2, 0) is 4.79 Å². The highest BCUT2D eigenvalue weighted by atomic mass is 35.5. The molecule has 114 valence electrons.